The van der Waals surface area contributed by atoms with Crippen molar-refractivity contribution in [3.63, 3.8) is 0 Å². The van der Waals surface area contributed by atoms with Crippen LogP contribution < -0.4 is 0 Å². The first kappa shape index (κ1) is 8.89. The number of rotatable bonds is 0. The number of hydrogen-bond acceptors (Lipinski definition) is 2. The third-order valence-electron chi connectivity index (χ3n) is 0. The summed E-state index contributed by atoms with van der Waals surface area (Å²) in [7, 11) is 0. The molecule has 0 aromatic rings. The van der Waals surface area contributed by atoms with Gasteiger partial charge in [-0.3, -0.25) is 0 Å². The van der Waals surface area contributed by atoms with Crippen LogP contribution in [-0.4, -0.2) is 0 Å². The molecule has 0 rings (SSSR count). The normalized spacial score (nSPS) is 2.25. The molecule has 0 unspecified atom stereocenters. The maximum absolute atomic E-state index is 8.34. The van der Waals surface area contributed by atoms with Crippen LogP contribution >= 0.6 is 0 Å². The van der Waals surface area contributed by atoms with E-state index in [2.05, 4.69) is 15.9 Å². The first-order valence-electron chi connectivity index (χ1n) is 0.327. The van der Waals surface area contributed by atoms with Crippen LogP contribution in [0.15, 0.2) is 0 Å². The Bertz CT molecular complexity index is 8.00. The monoisotopic (exact) mass is 185 g/mol. The third kappa shape index (κ3) is 12.0. The van der Waals surface area contributed by atoms with E-state index < -0.39 is 0 Å². The van der Waals surface area contributed by atoms with Gasteiger partial charge in [0.15, 0.2) is 0 Å². The minimum atomic E-state index is 0.300. The van der Waals surface area contributed by atoms with Crippen molar-refractivity contribution in [3.8, 4) is 0 Å². The Labute approximate surface area is 47.3 Å². The topological polar surface area (TPSA) is 34.1 Å². The van der Waals surface area contributed by atoms with Crippen LogP contribution in [0.25, 0.3) is 0 Å². The zero-order valence-corrected chi connectivity index (χ0v) is 5.02. The predicted molar refractivity (Wildman–Crippen MR) is 1.37 cm³/mol. The number of hydrogen-bond donors (Lipinski definition) is 0. The molecule has 0 aliphatic carbocycles. The Balaban J connectivity index is 0. The van der Waals surface area contributed by atoms with E-state index in [1.54, 1.807) is 0 Å². The Morgan fingerprint density at radius 2 is 1.25 bits per heavy atom. The summed E-state index contributed by atoms with van der Waals surface area (Å²) in [4.78, 5) is 0. The minimum absolute atomic E-state index is 0.300. The first-order valence-corrected chi connectivity index (χ1v) is 1.72. The Hall–Kier alpha value is 1.00. The van der Waals surface area contributed by atoms with Crippen molar-refractivity contribution < 1.29 is 47.3 Å². The van der Waals surface area contributed by atoms with E-state index in [0.717, 1.165) is 0 Å². The molecule has 0 bridgehead atoms. The van der Waals surface area contributed by atoms with Crippen LogP contribution in [0.4, 0.5) is 0 Å². The van der Waals surface area contributed by atoms with Crippen molar-refractivity contribution in [1.29, 1.82) is 0 Å². The molecule has 0 saturated heterocycles. The van der Waals surface area contributed by atoms with Crippen LogP contribution in [0.5, 0.6) is 0 Å². The van der Waals surface area contributed by atoms with Crippen LogP contribution in [0.3, 0.4) is 0 Å². The summed E-state index contributed by atoms with van der Waals surface area (Å²) in [6, 6.07) is 0. The van der Waals surface area contributed by atoms with Crippen molar-refractivity contribution in [3.05, 3.63) is 0 Å². The van der Waals surface area contributed by atoms with Gasteiger partial charge in [-0.05, 0) is 0 Å². The van der Waals surface area contributed by atoms with E-state index in [0.29, 0.717) is 24.7 Å². The molecule has 0 aliphatic rings. The molecule has 0 aliphatic heterocycles. The fourth-order valence-electron chi connectivity index (χ4n) is 0. The molecule has 0 amide bonds. The van der Waals surface area contributed by atoms with Gasteiger partial charge in [0.1, 0.15) is 0 Å². The van der Waals surface area contributed by atoms with Gasteiger partial charge in [-0.1, -0.05) is 0 Å². The van der Waals surface area contributed by atoms with E-state index >= 15 is 0 Å². The summed E-state index contributed by atoms with van der Waals surface area (Å²) in [5.74, 6) is 0. The summed E-state index contributed by atoms with van der Waals surface area (Å²) in [5, 5.41) is 0. The van der Waals surface area contributed by atoms with Gasteiger partial charge in [0.05, 0.1) is 0 Å². The van der Waals surface area contributed by atoms with Crippen molar-refractivity contribution in [2.24, 2.45) is 0 Å². The Kier molecular flexibility index (Phi) is 79.8. The SMILES string of the molecule is [O]=[Cu].[O]=[Zr]. The summed E-state index contributed by atoms with van der Waals surface area (Å²) in [5.41, 5.74) is 0. The van der Waals surface area contributed by atoms with E-state index in [1.165, 1.54) is 0 Å². The molecule has 0 atom stereocenters. The van der Waals surface area contributed by atoms with Crippen LogP contribution in [0, 0.1) is 0 Å². The van der Waals surface area contributed by atoms with Gasteiger partial charge in [-0.2, -0.15) is 0 Å². The maximum atomic E-state index is 8.34. The van der Waals surface area contributed by atoms with E-state index in [9.17, 15) is 0 Å². The summed E-state index contributed by atoms with van der Waals surface area (Å²) in [6.07, 6.45) is 0. The second-order valence-electron chi connectivity index (χ2n) is 0. The Morgan fingerprint density at radius 1 is 1.25 bits per heavy atom. The van der Waals surface area contributed by atoms with Gasteiger partial charge in [-0.25, -0.2) is 0 Å². The quantitative estimate of drug-likeness (QED) is 0.490. The molecule has 0 aromatic carbocycles. The second kappa shape index (κ2) is 35.9. The molecular formula is CuO2Zr. The third-order valence-corrected chi connectivity index (χ3v) is 0. The predicted octanol–water partition coefficient (Wildman–Crippen LogP) is -0.243. The van der Waals surface area contributed by atoms with Crippen molar-refractivity contribution in [1.82, 2.24) is 0 Å². The van der Waals surface area contributed by atoms with Gasteiger partial charge >= 0.3 is 47.3 Å². The van der Waals surface area contributed by atoms with Crippen molar-refractivity contribution >= 4 is 0 Å². The molecule has 0 saturated carbocycles. The fraction of sp³-hybridized carbons (Fsp3) is 0. The van der Waals surface area contributed by atoms with Crippen LogP contribution in [0.1, 0.15) is 0 Å². The molecule has 4 heteroatoms. The average Bonchev–Trinajstić information content (AvgIpc) is 1.50. The standard InChI is InChI=1S/Cu.2O.Zr. The molecule has 4 heavy (non-hydrogen) atoms. The molecule has 0 N–H and O–H groups in total. The van der Waals surface area contributed by atoms with Gasteiger partial charge in [0.2, 0.25) is 0 Å². The average molecular weight is 187 g/mol. The zero-order valence-electron chi connectivity index (χ0n) is 1.62. The molecule has 0 heterocycles. The van der Waals surface area contributed by atoms with Gasteiger partial charge in [0.25, 0.3) is 0 Å². The van der Waals surface area contributed by atoms with Crippen LogP contribution in [-0.2, 0) is 47.3 Å². The van der Waals surface area contributed by atoms with E-state index in [1.807, 2.05) is 0 Å². The van der Waals surface area contributed by atoms with E-state index in [-0.39, 0.29) is 0 Å². The van der Waals surface area contributed by atoms with E-state index in [4.69, 9.17) is 6.65 Å². The zero-order chi connectivity index (χ0) is 4.00. The van der Waals surface area contributed by atoms with Gasteiger partial charge < -0.3 is 0 Å². The molecule has 0 aromatic heterocycles. The fourth-order valence-corrected chi connectivity index (χ4v) is 0. The van der Waals surface area contributed by atoms with Crippen molar-refractivity contribution in [2.75, 3.05) is 0 Å². The first-order chi connectivity index (χ1) is 2.00. The van der Waals surface area contributed by atoms with Gasteiger partial charge in [0, 0.05) is 0 Å². The molecule has 0 fully saturated rings. The second-order valence-corrected chi connectivity index (χ2v) is 0. The van der Waals surface area contributed by atoms with Crippen LogP contribution in [0.2, 0.25) is 0 Å². The molecule has 0 spiro atoms. The Morgan fingerprint density at radius 3 is 1.25 bits per heavy atom. The van der Waals surface area contributed by atoms with Gasteiger partial charge in [-0.15, -0.1) is 0 Å². The molecule has 2 nitrogen and oxygen atoms in total. The summed E-state index contributed by atoms with van der Waals surface area (Å²) >= 11 is 3.24. The summed E-state index contributed by atoms with van der Waals surface area (Å²) in [6.45, 7) is 0. The molecular weight excluding hydrogens is 187 g/mol. The molecule has 0 radical (unpaired) electrons. The molecule has 27 valence electrons. The van der Waals surface area contributed by atoms with Crippen molar-refractivity contribution in [2.45, 2.75) is 0 Å². The summed E-state index contributed by atoms with van der Waals surface area (Å²) < 4.78 is 16.2.